The highest BCUT2D eigenvalue weighted by molar-refractivity contribution is 7.20. The van der Waals surface area contributed by atoms with Gasteiger partial charge in [-0.1, -0.05) is 29.5 Å². The van der Waals surface area contributed by atoms with Gasteiger partial charge in [0.1, 0.15) is 0 Å². The summed E-state index contributed by atoms with van der Waals surface area (Å²) in [5.41, 5.74) is 0.737. The molecule has 3 aromatic rings. The van der Waals surface area contributed by atoms with Crippen molar-refractivity contribution in [1.29, 1.82) is 0 Å². The third kappa shape index (κ3) is 2.24. The molecule has 98 valence electrons. The lowest BCUT2D eigenvalue weighted by Gasteiger charge is -2.01. The first-order valence-corrected chi connectivity index (χ1v) is 5.97. The van der Waals surface area contributed by atoms with Crippen LogP contribution in [0.1, 0.15) is 5.82 Å². The quantitative estimate of drug-likeness (QED) is 0.786. The molecule has 0 saturated carbocycles. The Bertz CT molecular complexity index is 703. The van der Waals surface area contributed by atoms with Crippen LogP contribution in [-0.4, -0.2) is 19.8 Å². The number of aromatic nitrogens is 4. The van der Waals surface area contributed by atoms with Crippen molar-refractivity contribution in [2.45, 2.75) is 6.18 Å². The molecule has 3 rings (SSSR count). The van der Waals surface area contributed by atoms with E-state index < -0.39 is 12.0 Å². The molecule has 0 spiro atoms. The first-order chi connectivity index (χ1) is 9.04. The Kier molecular flexibility index (Phi) is 2.63. The van der Waals surface area contributed by atoms with Gasteiger partial charge in [0.25, 0.3) is 5.82 Å². The van der Waals surface area contributed by atoms with Gasteiger partial charge in [-0.3, -0.25) is 0 Å². The van der Waals surface area contributed by atoms with E-state index in [1.165, 1.54) is 0 Å². The van der Waals surface area contributed by atoms with E-state index in [-0.39, 0.29) is 4.96 Å². The Labute approximate surface area is 108 Å². The van der Waals surface area contributed by atoms with Crippen LogP contribution in [0.3, 0.4) is 0 Å². The number of hydrogen-bond donors (Lipinski definition) is 1. The number of alkyl halides is 3. The molecule has 0 radical (unpaired) electrons. The molecule has 1 aromatic carbocycles. The van der Waals surface area contributed by atoms with Crippen molar-refractivity contribution in [3.05, 3.63) is 36.2 Å². The summed E-state index contributed by atoms with van der Waals surface area (Å²) in [4.78, 5) is 0.0887. The van der Waals surface area contributed by atoms with E-state index in [4.69, 9.17) is 0 Å². The second-order valence-corrected chi connectivity index (χ2v) is 4.57. The van der Waals surface area contributed by atoms with E-state index in [0.29, 0.717) is 9.65 Å². The van der Waals surface area contributed by atoms with E-state index in [1.807, 2.05) is 18.2 Å². The summed E-state index contributed by atoms with van der Waals surface area (Å²) < 4.78 is 38.5. The summed E-state index contributed by atoms with van der Waals surface area (Å²) in [5.74, 6) is -1.13. The summed E-state index contributed by atoms with van der Waals surface area (Å²) in [7, 11) is 0. The predicted octanol–water partition coefficient (Wildman–Crippen LogP) is 2.95. The van der Waals surface area contributed by atoms with Crippen molar-refractivity contribution in [1.82, 2.24) is 19.8 Å². The highest BCUT2D eigenvalue weighted by Crippen LogP contribution is 2.30. The van der Waals surface area contributed by atoms with Gasteiger partial charge >= 0.3 is 6.18 Å². The van der Waals surface area contributed by atoms with Crippen molar-refractivity contribution >= 4 is 27.1 Å². The third-order valence-corrected chi connectivity index (χ3v) is 3.08. The van der Waals surface area contributed by atoms with Gasteiger partial charge in [0.15, 0.2) is 0 Å². The molecule has 5 nitrogen and oxygen atoms in total. The van der Waals surface area contributed by atoms with E-state index >= 15 is 0 Å². The van der Waals surface area contributed by atoms with Gasteiger partial charge in [0.05, 0.1) is 0 Å². The number of halogens is 3. The van der Waals surface area contributed by atoms with Gasteiger partial charge in [-0.2, -0.15) is 17.7 Å². The molecule has 9 heteroatoms. The Hall–Kier alpha value is -2.16. The van der Waals surface area contributed by atoms with E-state index in [2.05, 4.69) is 20.6 Å². The van der Waals surface area contributed by atoms with Crippen LogP contribution in [0.25, 0.3) is 4.96 Å². The van der Waals surface area contributed by atoms with Gasteiger partial charge in [-0.05, 0) is 12.1 Å². The Morgan fingerprint density at radius 3 is 2.53 bits per heavy atom. The maximum absolute atomic E-state index is 12.6. The summed E-state index contributed by atoms with van der Waals surface area (Å²) in [6, 6.07) is 9.03. The molecular weight excluding hydrogens is 279 g/mol. The minimum absolute atomic E-state index is 0.0887. The average molecular weight is 285 g/mol. The fraction of sp³-hybridized carbons (Fsp3) is 0.100. The first-order valence-electron chi connectivity index (χ1n) is 5.15. The molecule has 0 aliphatic rings. The predicted molar refractivity (Wildman–Crippen MR) is 63.4 cm³/mol. The Morgan fingerprint density at radius 2 is 1.84 bits per heavy atom. The average Bonchev–Trinajstić information content (AvgIpc) is 2.88. The SMILES string of the molecule is FC(F)(F)c1nnc2sc(Nc3ccccc3)nn12. The zero-order chi connectivity index (χ0) is 13.5. The highest BCUT2D eigenvalue weighted by atomic mass is 32.1. The monoisotopic (exact) mass is 285 g/mol. The summed E-state index contributed by atoms with van der Waals surface area (Å²) in [6.07, 6.45) is -4.57. The molecular formula is C10H6F3N5S. The number of hydrogen-bond acceptors (Lipinski definition) is 5. The van der Waals surface area contributed by atoms with Gasteiger partial charge in [0, 0.05) is 5.69 Å². The molecule has 0 unspecified atom stereocenters. The Morgan fingerprint density at radius 1 is 1.11 bits per heavy atom. The lowest BCUT2D eigenvalue weighted by molar-refractivity contribution is -0.146. The lowest BCUT2D eigenvalue weighted by atomic mass is 10.3. The van der Waals surface area contributed by atoms with Crippen LogP contribution in [0, 0.1) is 0 Å². The minimum Gasteiger partial charge on any atom is -0.330 e. The number of para-hydroxylation sites is 1. The molecule has 0 aliphatic heterocycles. The van der Waals surface area contributed by atoms with E-state index in [0.717, 1.165) is 17.0 Å². The van der Waals surface area contributed by atoms with Crippen molar-refractivity contribution in [3.8, 4) is 0 Å². The topological polar surface area (TPSA) is 55.1 Å². The van der Waals surface area contributed by atoms with Crippen molar-refractivity contribution in [2.75, 3.05) is 5.32 Å². The van der Waals surface area contributed by atoms with Crippen LogP contribution in [0.4, 0.5) is 24.0 Å². The Balaban J connectivity index is 1.97. The van der Waals surface area contributed by atoms with Crippen LogP contribution < -0.4 is 5.32 Å². The molecule has 2 aromatic heterocycles. The fourth-order valence-electron chi connectivity index (χ4n) is 1.49. The molecule has 0 bridgehead atoms. The van der Waals surface area contributed by atoms with Gasteiger partial charge < -0.3 is 5.32 Å². The highest BCUT2D eigenvalue weighted by Gasteiger charge is 2.38. The van der Waals surface area contributed by atoms with Gasteiger partial charge in [-0.15, -0.1) is 15.3 Å². The van der Waals surface area contributed by atoms with Crippen LogP contribution in [0.15, 0.2) is 30.3 Å². The second kappa shape index (κ2) is 4.19. The third-order valence-electron chi connectivity index (χ3n) is 2.27. The van der Waals surface area contributed by atoms with Gasteiger partial charge in [-0.25, -0.2) is 0 Å². The van der Waals surface area contributed by atoms with Crippen LogP contribution in [0.2, 0.25) is 0 Å². The van der Waals surface area contributed by atoms with E-state index in [1.54, 1.807) is 12.1 Å². The fourth-order valence-corrected chi connectivity index (χ4v) is 2.25. The molecule has 0 fully saturated rings. The number of nitrogens with zero attached hydrogens (tertiary/aromatic N) is 4. The number of nitrogens with one attached hydrogen (secondary N) is 1. The second-order valence-electron chi connectivity index (χ2n) is 3.61. The zero-order valence-corrected chi connectivity index (χ0v) is 10.0. The summed E-state index contributed by atoms with van der Waals surface area (Å²) >= 11 is 0.996. The van der Waals surface area contributed by atoms with Crippen LogP contribution in [-0.2, 0) is 6.18 Å². The first kappa shape index (κ1) is 11.9. The smallest absolute Gasteiger partial charge is 0.330 e. The minimum atomic E-state index is -4.57. The summed E-state index contributed by atoms with van der Waals surface area (Å²) in [6.45, 7) is 0. The van der Waals surface area contributed by atoms with Crippen LogP contribution >= 0.6 is 11.3 Å². The number of benzene rings is 1. The molecule has 19 heavy (non-hydrogen) atoms. The molecule has 0 atom stereocenters. The van der Waals surface area contributed by atoms with Crippen molar-refractivity contribution in [3.63, 3.8) is 0 Å². The standard InChI is InChI=1S/C10H6F3N5S/c11-10(12,13)7-15-16-9-18(7)17-8(19-9)14-6-4-2-1-3-5-6/h1-5H,(H,14,17). The van der Waals surface area contributed by atoms with E-state index in [9.17, 15) is 13.2 Å². The molecule has 0 aliphatic carbocycles. The van der Waals surface area contributed by atoms with Gasteiger partial charge in [0.2, 0.25) is 10.1 Å². The number of rotatable bonds is 2. The largest absolute Gasteiger partial charge is 0.453 e. The maximum atomic E-state index is 12.6. The van der Waals surface area contributed by atoms with Crippen molar-refractivity contribution < 1.29 is 13.2 Å². The molecule has 1 N–H and O–H groups in total. The molecule has 0 amide bonds. The number of anilines is 2. The summed E-state index contributed by atoms with van der Waals surface area (Å²) in [5, 5.41) is 13.6. The zero-order valence-electron chi connectivity index (χ0n) is 9.22. The number of fused-ring (bicyclic) bond motifs is 1. The lowest BCUT2D eigenvalue weighted by Crippen LogP contribution is -2.11. The molecule has 2 heterocycles. The maximum Gasteiger partial charge on any atom is 0.453 e. The normalized spacial score (nSPS) is 11.9. The van der Waals surface area contributed by atoms with Crippen molar-refractivity contribution in [2.24, 2.45) is 0 Å². The van der Waals surface area contributed by atoms with Crippen LogP contribution in [0.5, 0.6) is 0 Å². The molecule has 0 saturated heterocycles.